The van der Waals surface area contributed by atoms with Crippen molar-refractivity contribution in [1.29, 1.82) is 0 Å². The largest absolute Gasteiger partial charge is 0.458 e. The average Bonchev–Trinajstić information content (AvgIpc) is 2.89. The highest BCUT2D eigenvalue weighted by Crippen LogP contribution is 2.32. The lowest BCUT2D eigenvalue weighted by atomic mass is 9.92. The number of rotatable bonds is 11. The molecule has 2 aromatic rings. The fourth-order valence-corrected chi connectivity index (χ4v) is 4.38. The van der Waals surface area contributed by atoms with Crippen molar-refractivity contribution in [3.63, 3.8) is 0 Å². The minimum Gasteiger partial charge on any atom is -0.458 e. The van der Waals surface area contributed by atoms with Crippen molar-refractivity contribution in [2.45, 2.75) is 111 Å². The molecule has 0 saturated carbocycles. The number of amides is 3. The number of carbonyl (C=O) groups excluding carboxylic acids is 4. The van der Waals surface area contributed by atoms with Crippen LogP contribution in [0.15, 0.2) is 54.6 Å². The van der Waals surface area contributed by atoms with E-state index in [2.05, 4.69) is 10.6 Å². The van der Waals surface area contributed by atoms with Crippen LogP contribution in [0.25, 0.3) is 0 Å². The molecule has 0 aliphatic heterocycles. The number of hydrogen-bond donors (Lipinski definition) is 2. The Labute approximate surface area is 256 Å². The van der Waals surface area contributed by atoms with Crippen LogP contribution in [0, 0.1) is 6.92 Å². The van der Waals surface area contributed by atoms with Gasteiger partial charge in [0.25, 0.3) is 0 Å². The molecule has 236 valence electrons. The van der Waals surface area contributed by atoms with E-state index in [9.17, 15) is 19.2 Å². The molecule has 0 fully saturated rings. The zero-order chi connectivity index (χ0) is 32.6. The Balaban J connectivity index is 2.54. The van der Waals surface area contributed by atoms with Crippen LogP contribution < -0.4 is 10.6 Å². The Morgan fingerprint density at radius 1 is 0.814 bits per heavy atom. The molecule has 0 saturated heterocycles. The summed E-state index contributed by atoms with van der Waals surface area (Å²) in [6.45, 7) is 17.7. The predicted octanol–water partition coefficient (Wildman–Crippen LogP) is 5.65. The number of benzene rings is 2. The Kier molecular flexibility index (Phi) is 11.9. The summed E-state index contributed by atoms with van der Waals surface area (Å²) in [5.41, 5.74) is 0.0761. The van der Waals surface area contributed by atoms with Crippen molar-refractivity contribution in [1.82, 2.24) is 15.5 Å². The van der Waals surface area contributed by atoms with Gasteiger partial charge in [0.05, 0.1) is 0 Å². The zero-order valence-electron chi connectivity index (χ0n) is 27.4. The van der Waals surface area contributed by atoms with Crippen LogP contribution in [-0.4, -0.2) is 58.1 Å². The second kappa shape index (κ2) is 14.5. The van der Waals surface area contributed by atoms with Crippen LogP contribution in [0.5, 0.6) is 0 Å². The number of hydrogen-bond acceptors (Lipinski definition) is 6. The van der Waals surface area contributed by atoms with Gasteiger partial charge in [0.2, 0.25) is 11.8 Å². The van der Waals surface area contributed by atoms with Crippen molar-refractivity contribution < 1.29 is 28.7 Å². The number of ether oxygens (including phenoxy) is 2. The maximum Gasteiger partial charge on any atom is 0.408 e. The minimum absolute atomic E-state index is 0.202. The minimum atomic E-state index is -1.11. The molecule has 0 aliphatic rings. The average molecular weight is 596 g/mol. The van der Waals surface area contributed by atoms with Gasteiger partial charge in [-0.25, -0.2) is 9.59 Å². The first-order chi connectivity index (χ1) is 19.8. The Morgan fingerprint density at radius 2 is 1.37 bits per heavy atom. The van der Waals surface area contributed by atoms with E-state index in [0.29, 0.717) is 12.0 Å². The Hall–Kier alpha value is -3.88. The van der Waals surface area contributed by atoms with Crippen molar-refractivity contribution in [2.75, 3.05) is 6.54 Å². The molecule has 0 spiro atoms. The first kappa shape index (κ1) is 35.3. The van der Waals surface area contributed by atoms with Crippen LogP contribution in [0.1, 0.15) is 91.5 Å². The molecule has 43 heavy (non-hydrogen) atoms. The molecule has 0 heterocycles. The number of nitrogens with zero attached hydrogens (tertiary/aromatic N) is 1. The summed E-state index contributed by atoms with van der Waals surface area (Å²) in [7, 11) is 0. The molecule has 0 radical (unpaired) electrons. The smallest absolute Gasteiger partial charge is 0.408 e. The van der Waals surface area contributed by atoms with Crippen LogP contribution >= 0.6 is 0 Å². The van der Waals surface area contributed by atoms with Crippen molar-refractivity contribution in [2.24, 2.45) is 0 Å². The van der Waals surface area contributed by atoms with E-state index in [-0.39, 0.29) is 13.0 Å². The van der Waals surface area contributed by atoms with Gasteiger partial charge < -0.3 is 25.0 Å². The van der Waals surface area contributed by atoms with E-state index >= 15 is 0 Å². The van der Waals surface area contributed by atoms with Gasteiger partial charge in [-0.15, -0.1) is 0 Å². The highest BCUT2D eigenvalue weighted by Gasteiger charge is 2.41. The second-order valence-corrected chi connectivity index (χ2v) is 13.4. The molecular weight excluding hydrogens is 546 g/mol. The summed E-state index contributed by atoms with van der Waals surface area (Å²) < 4.78 is 11.0. The molecule has 3 amide bonds. The summed E-state index contributed by atoms with van der Waals surface area (Å²) >= 11 is 0. The van der Waals surface area contributed by atoms with Crippen LogP contribution in [0.3, 0.4) is 0 Å². The van der Waals surface area contributed by atoms with Crippen molar-refractivity contribution in [3.05, 3.63) is 71.3 Å². The van der Waals surface area contributed by atoms with Crippen LogP contribution in [0.4, 0.5) is 4.79 Å². The third-order valence-corrected chi connectivity index (χ3v) is 6.76. The summed E-state index contributed by atoms with van der Waals surface area (Å²) in [6, 6.07) is 14.6. The maximum absolute atomic E-state index is 14.3. The molecule has 0 aromatic heterocycles. The molecule has 9 heteroatoms. The van der Waals surface area contributed by atoms with Crippen LogP contribution in [-0.2, 0) is 30.3 Å². The van der Waals surface area contributed by atoms with Gasteiger partial charge in [-0.2, -0.15) is 0 Å². The maximum atomic E-state index is 14.3. The zero-order valence-corrected chi connectivity index (χ0v) is 27.4. The van der Waals surface area contributed by atoms with Gasteiger partial charge in [0.15, 0.2) is 0 Å². The lowest BCUT2D eigenvalue weighted by Gasteiger charge is -2.43. The van der Waals surface area contributed by atoms with E-state index < -0.39 is 52.7 Å². The summed E-state index contributed by atoms with van der Waals surface area (Å²) in [5.74, 6) is -1.59. The van der Waals surface area contributed by atoms with Crippen molar-refractivity contribution in [3.8, 4) is 0 Å². The first-order valence-electron chi connectivity index (χ1n) is 14.8. The fourth-order valence-electron chi connectivity index (χ4n) is 4.38. The highest BCUT2D eigenvalue weighted by molar-refractivity contribution is 5.93. The molecule has 0 bridgehead atoms. The molecule has 0 aliphatic carbocycles. The van der Waals surface area contributed by atoms with Gasteiger partial charge in [0, 0.05) is 12.0 Å². The third kappa shape index (κ3) is 11.4. The van der Waals surface area contributed by atoms with E-state index in [1.165, 1.54) is 4.90 Å². The SMILES string of the molecule is CCC(C)(C)N(C(=O)CNC(=O)OC(C)(C)C)C(C(=O)NC(Cc1ccccc1)C(=O)OC(C)(C)C)c1ccc(C)cc1. The second-order valence-electron chi connectivity index (χ2n) is 13.4. The van der Waals surface area contributed by atoms with E-state index in [0.717, 1.165) is 11.1 Å². The number of aryl methyl sites for hydroxylation is 1. The van der Waals surface area contributed by atoms with E-state index in [4.69, 9.17) is 9.47 Å². The summed E-state index contributed by atoms with van der Waals surface area (Å²) in [6.07, 6.45) is -0.0207. The van der Waals surface area contributed by atoms with Gasteiger partial charge in [-0.1, -0.05) is 67.1 Å². The quantitative estimate of drug-likeness (QED) is 0.325. The number of alkyl carbamates (subject to hydrolysis) is 1. The summed E-state index contributed by atoms with van der Waals surface area (Å²) in [5, 5.41) is 5.44. The lowest BCUT2D eigenvalue weighted by molar-refractivity contribution is -0.159. The molecule has 2 unspecified atom stereocenters. The standard InChI is InChI=1S/C34H49N3O6/c1-11-34(9,10)37(27(38)22-35-31(41)43-33(6,7)8)28(25-19-17-23(2)18-20-25)29(39)36-26(30(40)42-32(3,4)5)21-24-15-13-12-14-16-24/h12-20,26,28H,11,21-22H2,1-10H3,(H,35,41)(H,36,39). The molecular formula is C34H49N3O6. The van der Waals surface area contributed by atoms with E-state index in [1.54, 1.807) is 53.7 Å². The molecule has 2 atom stereocenters. The van der Waals surface area contributed by atoms with Crippen LogP contribution in [0.2, 0.25) is 0 Å². The Morgan fingerprint density at radius 3 is 1.88 bits per heavy atom. The molecule has 9 nitrogen and oxygen atoms in total. The van der Waals surface area contributed by atoms with E-state index in [1.807, 2.05) is 70.2 Å². The highest BCUT2D eigenvalue weighted by atomic mass is 16.6. The first-order valence-corrected chi connectivity index (χ1v) is 14.8. The molecule has 2 N–H and O–H groups in total. The molecule has 2 rings (SSSR count). The predicted molar refractivity (Wildman–Crippen MR) is 167 cm³/mol. The molecule has 2 aromatic carbocycles. The third-order valence-electron chi connectivity index (χ3n) is 6.76. The topological polar surface area (TPSA) is 114 Å². The number of carbonyl (C=O) groups is 4. The van der Waals surface area contributed by atoms with Gasteiger partial charge in [0.1, 0.15) is 29.8 Å². The van der Waals surface area contributed by atoms with Crippen molar-refractivity contribution >= 4 is 23.9 Å². The van der Waals surface area contributed by atoms with Gasteiger partial charge in [-0.3, -0.25) is 9.59 Å². The fraction of sp³-hybridized carbons (Fsp3) is 0.529. The van der Waals surface area contributed by atoms with Gasteiger partial charge in [-0.05, 0) is 79.9 Å². The van der Waals surface area contributed by atoms with Gasteiger partial charge >= 0.3 is 12.1 Å². The monoisotopic (exact) mass is 595 g/mol. The lowest BCUT2D eigenvalue weighted by Crippen LogP contribution is -2.57. The normalized spacial score (nSPS) is 13.3. The Bertz CT molecular complexity index is 1240. The summed E-state index contributed by atoms with van der Waals surface area (Å²) in [4.78, 5) is 55.4. The number of esters is 1. The number of nitrogens with one attached hydrogen (secondary N) is 2.